The van der Waals surface area contributed by atoms with Gasteiger partial charge in [-0.05, 0) is 12.5 Å². The van der Waals surface area contributed by atoms with Crippen LogP contribution in [-0.4, -0.2) is 38.0 Å². The molecule has 0 bridgehead atoms. The Kier molecular flexibility index (Phi) is 2.92. The Labute approximate surface area is 100 Å². The van der Waals surface area contributed by atoms with Crippen molar-refractivity contribution in [1.82, 2.24) is 0 Å². The number of ketones is 1. The third kappa shape index (κ3) is 1.83. The molecule has 4 nitrogen and oxygen atoms in total. The van der Waals surface area contributed by atoms with Gasteiger partial charge in [0.15, 0.2) is 18.0 Å². The average molecular weight is 234 g/mol. The molecule has 2 rings (SSSR count). The van der Waals surface area contributed by atoms with Gasteiger partial charge in [-0.25, -0.2) is 0 Å². The van der Waals surface area contributed by atoms with Gasteiger partial charge >= 0.3 is 0 Å². The number of carbonyl (C=O) groups excluding carboxylic acids is 1. The predicted molar refractivity (Wildman–Crippen MR) is 61.1 cm³/mol. The predicted octanol–water partition coefficient (Wildman–Crippen LogP) is 0.831. The van der Waals surface area contributed by atoms with Crippen molar-refractivity contribution in [3.8, 4) is 11.8 Å². The third-order valence-corrected chi connectivity index (χ3v) is 2.83. The lowest BCUT2D eigenvalue weighted by molar-refractivity contribution is -0.188. The van der Waals surface area contributed by atoms with Crippen molar-refractivity contribution in [2.24, 2.45) is 0 Å². The smallest absolute Gasteiger partial charge is 0.232 e. The van der Waals surface area contributed by atoms with Crippen LogP contribution in [0, 0.1) is 11.8 Å². The molecule has 2 aliphatic rings. The van der Waals surface area contributed by atoms with Crippen LogP contribution in [0.15, 0.2) is 23.8 Å². The maximum Gasteiger partial charge on any atom is 0.232 e. The molecule has 1 aliphatic heterocycles. The van der Waals surface area contributed by atoms with E-state index in [9.17, 15) is 4.79 Å². The van der Waals surface area contributed by atoms with Crippen LogP contribution in [0.25, 0.3) is 0 Å². The van der Waals surface area contributed by atoms with Crippen molar-refractivity contribution in [2.75, 3.05) is 14.2 Å². The van der Waals surface area contributed by atoms with Crippen molar-refractivity contribution in [3.05, 3.63) is 23.8 Å². The molecule has 2 atom stereocenters. The first-order valence-electron chi connectivity index (χ1n) is 5.24. The van der Waals surface area contributed by atoms with Gasteiger partial charge < -0.3 is 14.2 Å². The highest BCUT2D eigenvalue weighted by Crippen LogP contribution is 2.44. The highest BCUT2D eigenvalue weighted by molar-refractivity contribution is 5.99. The van der Waals surface area contributed by atoms with E-state index in [1.54, 1.807) is 6.92 Å². The molecular formula is C13H14O4. The molecule has 17 heavy (non-hydrogen) atoms. The molecular weight excluding hydrogens is 220 g/mol. The molecule has 1 saturated heterocycles. The van der Waals surface area contributed by atoms with Crippen LogP contribution < -0.4 is 0 Å². The van der Waals surface area contributed by atoms with Gasteiger partial charge in [0, 0.05) is 20.3 Å². The summed E-state index contributed by atoms with van der Waals surface area (Å²) in [5.41, 5.74) is 1.19. The maximum atomic E-state index is 11.6. The SMILES string of the molecule is C=C(C)C#CC1=CC(=O)C2OC2C1(OC)OC. The summed E-state index contributed by atoms with van der Waals surface area (Å²) in [4.78, 5) is 11.6. The normalized spacial score (nSPS) is 28.6. The number of epoxide rings is 1. The Hall–Kier alpha value is -1.41. The largest absolute Gasteiger partial charge is 0.355 e. The summed E-state index contributed by atoms with van der Waals surface area (Å²) in [6, 6.07) is 0. The van der Waals surface area contributed by atoms with Gasteiger partial charge in [0.1, 0.15) is 0 Å². The van der Waals surface area contributed by atoms with Gasteiger partial charge in [0.2, 0.25) is 5.79 Å². The lowest BCUT2D eigenvalue weighted by Gasteiger charge is -2.30. The summed E-state index contributed by atoms with van der Waals surface area (Å²) in [5, 5.41) is 0. The van der Waals surface area contributed by atoms with Crippen LogP contribution >= 0.6 is 0 Å². The molecule has 4 heteroatoms. The first kappa shape index (κ1) is 12.1. The molecule has 1 heterocycles. The van der Waals surface area contributed by atoms with Crippen LogP contribution in [-0.2, 0) is 19.0 Å². The summed E-state index contributed by atoms with van der Waals surface area (Å²) in [6.45, 7) is 5.48. The second-order valence-electron chi connectivity index (χ2n) is 4.04. The number of rotatable bonds is 2. The number of hydrogen-bond donors (Lipinski definition) is 0. The zero-order chi connectivity index (χ0) is 12.6. The van der Waals surface area contributed by atoms with Crippen molar-refractivity contribution >= 4 is 5.78 Å². The number of hydrogen-bond acceptors (Lipinski definition) is 4. The van der Waals surface area contributed by atoms with E-state index in [2.05, 4.69) is 18.4 Å². The number of methoxy groups -OCH3 is 2. The molecule has 1 fully saturated rings. The maximum absolute atomic E-state index is 11.6. The zero-order valence-corrected chi connectivity index (χ0v) is 10.1. The monoisotopic (exact) mass is 234 g/mol. The minimum atomic E-state index is -1.07. The molecule has 0 amide bonds. The van der Waals surface area contributed by atoms with Crippen LogP contribution in [0.1, 0.15) is 6.92 Å². The second kappa shape index (κ2) is 4.11. The highest BCUT2D eigenvalue weighted by atomic mass is 16.7. The Morgan fingerprint density at radius 1 is 1.53 bits per heavy atom. The van der Waals surface area contributed by atoms with E-state index in [-0.39, 0.29) is 5.78 Å². The quantitative estimate of drug-likeness (QED) is 0.403. The molecule has 0 aromatic rings. The van der Waals surface area contributed by atoms with E-state index < -0.39 is 18.0 Å². The van der Waals surface area contributed by atoms with Gasteiger partial charge in [-0.2, -0.15) is 0 Å². The molecule has 0 N–H and O–H groups in total. The van der Waals surface area contributed by atoms with Crippen LogP contribution in [0.2, 0.25) is 0 Å². The second-order valence-corrected chi connectivity index (χ2v) is 4.04. The summed E-state index contributed by atoms with van der Waals surface area (Å²) >= 11 is 0. The van der Waals surface area contributed by atoms with E-state index >= 15 is 0 Å². The number of fused-ring (bicyclic) bond motifs is 1. The fourth-order valence-corrected chi connectivity index (χ4v) is 1.93. The van der Waals surface area contributed by atoms with Crippen LogP contribution in [0.5, 0.6) is 0 Å². The first-order valence-corrected chi connectivity index (χ1v) is 5.24. The van der Waals surface area contributed by atoms with E-state index in [1.165, 1.54) is 20.3 Å². The topological polar surface area (TPSA) is 48.1 Å². The molecule has 0 radical (unpaired) electrons. The van der Waals surface area contributed by atoms with Crippen LogP contribution in [0.4, 0.5) is 0 Å². The Morgan fingerprint density at radius 3 is 2.71 bits per heavy atom. The van der Waals surface area contributed by atoms with Gasteiger partial charge in [-0.3, -0.25) is 4.79 Å². The fourth-order valence-electron chi connectivity index (χ4n) is 1.93. The van der Waals surface area contributed by atoms with E-state index in [4.69, 9.17) is 14.2 Å². The summed E-state index contributed by atoms with van der Waals surface area (Å²) in [6.07, 6.45) is 0.576. The number of allylic oxidation sites excluding steroid dienone is 1. The van der Waals surface area contributed by atoms with Gasteiger partial charge in [0.25, 0.3) is 0 Å². The Balaban J connectivity index is 2.42. The Bertz CT molecular complexity index is 460. The van der Waals surface area contributed by atoms with Crippen molar-refractivity contribution in [2.45, 2.75) is 24.9 Å². The summed E-state index contributed by atoms with van der Waals surface area (Å²) in [7, 11) is 3.02. The highest BCUT2D eigenvalue weighted by Gasteiger charge is 2.63. The minimum Gasteiger partial charge on any atom is -0.355 e. The molecule has 0 saturated carbocycles. The van der Waals surface area contributed by atoms with Gasteiger partial charge in [-0.15, -0.1) is 0 Å². The molecule has 0 aromatic carbocycles. The van der Waals surface area contributed by atoms with Gasteiger partial charge in [0.05, 0.1) is 5.57 Å². The Morgan fingerprint density at radius 2 is 2.18 bits per heavy atom. The third-order valence-electron chi connectivity index (χ3n) is 2.83. The molecule has 0 aromatic heterocycles. The average Bonchev–Trinajstić information content (AvgIpc) is 3.08. The van der Waals surface area contributed by atoms with E-state index in [0.717, 1.165) is 0 Å². The molecule has 1 aliphatic carbocycles. The standard InChI is InChI=1S/C13H14O4/c1-8(2)5-6-9-7-10(14)11-12(17-11)13(9,15-3)16-4/h7,11-12H,1H2,2-4H3. The van der Waals surface area contributed by atoms with E-state index in [1.807, 2.05) is 0 Å². The fraction of sp³-hybridized carbons (Fsp3) is 0.462. The summed E-state index contributed by atoms with van der Waals surface area (Å²) < 4.78 is 16.0. The molecule has 90 valence electrons. The number of ether oxygens (including phenoxy) is 3. The van der Waals surface area contributed by atoms with Crippen LogP contribution in [0.3, 0.4) is 0 Å². The number of carbonyl (C=O) groups is 1. The van der Waals surface area contributed by atoms with Crippen molar-refractivity contribution in [1.29, 1.82) is 0 Å². The summed E-state index contributed by atoms with van der Waals surface area (Å²) in [5.74, 6) is 4.52. The lowest BCUT2D eigenvalue weighted by Crippen LogP contribution is -2.46. The zero-order valence-electron chi connectivity index (χ0n) is 10.1. The first-order chi connectivity index (χ1) is 8.05. The minimum absolute atomic E-state index is 0.0919. The molecule has 2 unspecified atom stereocenters. The van der Waals surface area contributed by atoms with Crippen molar-refractivity contribution in [3.63, 3.8) is 0 Å². The van der Waals surface area contributed by atoms with E-state index in [0.29, 0.717) is 11.1 Å². The van der Waals surface area contributed by atoms with Crippen molar-refractivity contribution < 1.29 is 19.0 Å². The molecule has 0 spiro atoms. The van der Waals surface area contributed by atoms with Gasteiger partial charge in [-0.1, -0.05) is 18.4 Å². The lowest BCUT2D eigenvalue weighted by atomic mass is 9.92.